The second-order valence-corrected chi connectivity index (χ2v) is 6.95. The first-order valence-corrected chi connectivity index (χ1v) is 8.90. The Kier molecular flexibility index (Phi) is 9.10. The highest BCUT2D eigenvalue weighted by Gasteiger charge is 2.16. The average Bonchev–Trinajstić information content (AvgIpc) is 2.94. The molecule has 2 unspecified atom stereocenters. The third-order valence-electron chi connectivity index (χ3n) is 3.59. The zero-order chi connectivity index (χ0) is 14.8. The Morgan fingerprint density at radius 3 is 2.75 bits per heavy atom. The molecule has 2 N–H and O–H groups in total. The van der Waals surface area contributed by atoms with Gasteiger partial charge in [0.2, 0.25) is 0 Å². The van der Waals surface area contributed by atoms with Crippen molar-refractivity contribution in [1.82, 2.24) is 10.6 Å². The molecular weight excluding hydrogens is 270 g/mol. The molecule has 20 heavy (non-hydrogen) atoms. The summed E-state index contributed by atoms with van der Waals surface area (Å²) in [5.41, 5.74) is 0. The minimum absolute atomic E-state index is 0.330. The van der Waals surface area contributed by atoms with E-state index in [9.17, 15) is 0 Å². The van der Waals surface area contributed by atoms with Gasteiger partial charge in [-0.15, -0.1) is 0 Å². The maximum Gasteiger partial charge on any atom is 0.191 e. The molecule has 1 rings (SSSR count). The second-order valence-electron chi connectivity index (χ2n) is 5.54. The van der Waals surface area contributed by atoms with Gasteiger partial charge in [-0.3, -0.25) is 4.99 Å². The number of aliphatic imine (C=N–C) groups is 1. The molecule has 0 saturated carbocycles. The summed E-state index contributed by atoms with van der Waals surface area (Å²) >= 11 is 2.07. The van der Waals surface area contributed by atoms with E-state index in [2.05, 4.69) is 48.2 Å². The van der Waals surface area contributed by atoms with Crippen LogP contribution in [0, 0.1) is 5.92 Å². The van der Waals surface area contributed by atoms with E-state index < -0.39 is 0 Å². The standard InChI is InChI=1S/C15H31N3OS/c1-5-19-14(12(2)3)8-9-17-15(16-4)18-11-13-7-6-10-20-13/h12-14H,5-11H2,1-4H3,(H2,16,17,18). The molecule has 1 aliphatic heterocycles. The lowest BCUT2D eigenvalue weighted by Gasteiger charge is -2.22. The molecule has 0 aliphatic carbocycles. The molecule has 0 bridgehead atoms. The van der Waals surface area contributed by atoms with Crippen LogP contribution in [0.3, 0.4) is 0 Å². The Hall–Kier alpha value is -0.420. The molecule has 0 spiro atoms. The lowest BCUT2D eigenvalue weighted by Crippen LogP contribution is -2.41. The lowest BCUT2D eigenvalue weighted by molar-refractivity contribution is 0.0258. The SMILES string of the molecule is CCOC(CCNC(=NC)NCC1CCCS1)C(C)C. The minimum atomic E-state index is 0.330. The Labute approximate surface area is 128 Å². The van der Waals surface area contributed by atoms with Crippen molar-refractivity contribution in [1.29, 1.82) is 0 Å². The molecule has 4 nitrogen and oxygen atoms in total. The largest absolute Gasteiger partial charge is 0.378 e. The summed E-state index contributed by atoms with van der Waals surface area (Å²) in [4.78, 5) is 4.28. The van der Waals surface area contributed by atoms with Gasteiger partial charge in [0.15, 0.2) is 5.96 Å². The predicted molar refractivity (Wildman–Crippen MR) is 89.7 cm³/mol. The lowest BCUT2D eigenvalue weighted by atomic mass is 10.0. The fraction of sp³-hybridized carbons (Fsp3) is 0.933. The predicted octanol–water partition coefficient (Wildman–Crippen LogP) is 2.50. The first-order valence-electron chi connectivity index (χ1n) is 7.85. The molecule has 1 fully saturated rings. The number of ether oxygens (including phenoxy) is 1. The number of rotatable bonds is 8. The molecule has 0 aromatic carbocycles. The van der Waals surface area contributed by atoms with Gasteiger partial charge in [0.1, 0.15) is 0 Å². The van der Waals surface area contributed by atoms with Crippen LogP contribution in [-0.2, 0) is 4.74 Å². The number of guanidine groups is 1. The highest BCUT2D eigenvalue weighted by Crippen LogP contribution is 2.25. The van der Waals surface area contributed by atoms with E-state index in [4.69, 9.17) is 4.74 Å². The van der Waals surface area contributed by atoms with Gasteiger partial charge in [0, 0.05) is 32.0 Å². The molecule has 1 heterocycles. The van der Waals surface area contributed by atoms with Crippen molar-refractivity contribution in [2.24, 2.45) is 10.9 Å². The third-order valence-corrected chi connectivity index (χ3v) is 4.99. The van der Waals surface area contributed by atoms with E-state index in [-0.39, 0.29) is 0 Å². The summed E-state index contributed by atoms with van der Waals surface area (Å²) in [5, 5.41) is 7.56. The molecule has 1 saturated heterocycles. The van der Waals surface area contributed by atoms with Gasteiger partial charge >= 0.3 is 0 Å². The summed E-state index contributed by atoms with van der Waals surface area (Å²) in [6.45, 7) is 9.19. The molecule has 0 aromatic rings. The third kappa shape index (κ3) is 6.84. The van der Waals surface area contributed by atoms with E-state index >= 15 is 0 Å². The number of hydrogen-bond donors (Lipinski definition) is 2. The Morgan fingerprint density at radius 1 is 1.40 bits per heavy atom. The maximum atomic E-state index is 5.76. The summed E-state index contributed by atoms with van der Waals surface area (Å²) in [6, 6.07) is 0. The van der Waals surface area contributed by atoms with Crippen LogP contribution < -0.4 is 10.6 Å². The first-order chi connectivity index (χ1) is 9.67. The van der Waals surface area contributed by atoms with Crippen LogP contribution in [-0.4, -0.2) is 49.8 Å². The topological polar surface area (TPSA) is 45.6 Å². The summed E-state index contributed by atoms with van der Waals surface area (Å²) in [6.07, 6.45) is 4.03. The zero-order valence-electron chi connectivity index (χ0n) is 13.4. The van der Waals surface area contributed by atoms with Crippen LogP contribution >= 0.6 is 11.8 Å². The number of hydrogen-bond acceptors (Lipinski definition) is 3. The minimum Gasteiger partial charge on any atom is -0.378 e. The van der Waals surface area contributed by atoms with Crippen molar-refractivity contribution in [2.45, 2.75) is 51.4 Å². The van der Waals surface area contributed by atoms with Gasteiger partial charge in [-0.1, -0.05) is 13.8 Å². The second kappa shape index (κ2) is 10.3. The smallest absolute Gasteiger partial charge is 0.191 e. The zero-order valence-corrected chi connectivity index (χ0v) is 14.3. The molecule has 5 heteroatoms. The molecule has 0 aromatic heterocycles. The molecule has 118 valence electrons. The van der Waals surface area contributed by atoms with Gasteiger partial charge in [-0.2, -0.15) is 11.8 Å². The molecule has 2 atom stereocenters. The summed E-state index contributed by atoms with van der Waals surface area (Å²) < 4.78 is 5.76. The Morgan fingerprint density at radius 2 is 2.20 bits per heavy atom. The number of nitrogens with zero attached hydrogens (tertiary/aromatic N) is 1. The van der Waals surface area contributed by atoms with E-state index in [0.717, 1.165) is 37.3 Å². The van der Waals surface area contributed by atoms with Crippen LogP contribution in [0.15, 0.2) is 4.99 Å². The average molecular weight is 302 g/mol. The molecule has 0 amide bonds. The fourth-order valence-corrected chi connectivity index (χ4v) is 3.59. The van der Waals surface area contributed by atoms with Crippen molar-refractivity contribution in [3.05, 3.63) is 0 Å². The highest BCUT2D eigenvalue weighted by atomic mass is 32.2. The molecule has 1 aliphatic rings. The molecule has 0 radical (unpaired) electrons. The highest BCUT2D eigenvalue weighted by molar-refractivity contribution is 8.00. The van der Waals surface area contributed by atoms with Crippen molar-refractivity contribution in [3.63, 3.8) is 0 Å². The van der Waals surface area contributed by atoms with Crippen molar-refractivity contribution in [2.75, 3.05) is 32.5 Å². The van der Waals surface area contributed by atoms with E-state index in [1.54, 1.807) is 0 Å². The Bertz CT molecular complexity index is 278. The first kappa shape index (κ1) is 17.6. The van der Waals surface area contributed by atoms with Gasteiger partial charge in [-0.25, -0.2) is 0 Å². The normalized spacial score (nSPS) is 21.2. The number of nitrogens with one attached hydrogen (secondary N) is 2. The van der Waals surface area contributed by atoms with Crippen LogP contribution in [0.5, 0.6) is 0 Å². The van der Waals surface area contributed by atoms with Crippen molar-refractivity contribution >= 4 is 17.7 Å². The summed E-state index contributed by atoms with van der Waals surface area (Å²) in [5.74, 6) is 2.78. The van der Waals surface area contributed by atoms with Crippen molar-refractivity contribution in [3.8, 4) is 0 Å². The van der Waals surface area contributed by atoms with Crippen LogP contribution in [0.2, 0.25) is 0 Å². The van der Waals surface area contributed by atoms with Gasteiger partial charge in [0.05, 0.1) is 6.10 Å². The Balaban J connectivity index is 2.19. The monoisotopic (exact) mass is 301 g/mol. The molecular formula is C15H31N3OS. The maximum absolute atomic E-state index is 5.76. The van der Waals surface area contributed by atoms with Gasteiger partial charge in [0.25, 0.3) is 0 Å². The summed E-state index contributed by atoms with van der Waals surface area (Å²) in [7, 11) is 1.83. The van der Waals surface area contributed by atoms with E-state index in [0.29, 0.717) is 12.0 Å². The van der Waals surface area contributed by atoms with E-state index in [1.807, 2.05) is 7.05 Å². The van der Waals surface area contributed by atoms with Crippen LogP contribution in [0.4, 0.5) is 0 Å². The van der Waals surface area contributed by atoms with Crippen molar-refractivity contribution < 1.29 is 4.74 Å². The van der Waals surface area contributed by atoms with Gasteiger partial charge in [-0.05, 0) is 37.9 Å². The quantitative estimate of drug-likeness (QED) is 0.534. The van der Waals surface area contributed by atoms with E-state index in [1.165, 1.54) is 18.6 Å². The van der Waals surface area contributed by atoms with Crippen LogP contribution in [0.1, 0.15) is 40.0 Å². The van der Waals surface area contributed by atoms with Gasteiger partial charge < -0.3 is 15.4 Å². The van der Waals surface area contributed by atoms with Crippen LogP contribution in [0.25, 0.3) is 0 Å². The number of thioether (sulfide) groups is 1. The fourth-order valence-electron chi connectivity index (χ4n) is 2.39.